The van der Waals surface area contributed by atoms with Crippen molar-refractivity contribution < 1.29 is 0 Å². The van der Waals surface area contributed by atoms with Crippen LogP contribution in [0.1, 0.15) is 58.3 Å². The van der Waals surface area contributed by atoms with Crippen LogP contribution in [-0.4, -0.2) is 15.5 Å². The van der Waals surface area contributed by atoms with Gasteiger partial charge in [0.2, 0.25) is 0 Å². The molecule has 0 fully saturated rings. The molecule has 1 aromatic heterocycles. The maximum Gasteiger partial charge on any atom is 0.120 e. The number of aryl methyl sites for hydroxylation is 1. The summed E-state index contributed by atoms with van der Waals surface area (Å²) in [6, 6.07) is 0. The van der Waals surface area contributed by atoms with Gasteiger partial charge in [0.25, 0.3) is 0 Å². The van der Waals surface area contributed by atoms with Gasteiger partial charge in [-0.3, -0.25) is 0 Å². The zero-order valence-electron chi connectivity index (χ0n) is 11.8. The second-order valence-electron chi connectivity index (χ2n) is 7.05. The van der Waals surface area contributed by atoms with Crippen molar-refractivity contribution in [2.45, 2.75) is 66.0 Å². The van der Waals surface area contributed by atoms with Gasteiger partial charge in [0.1, 0.15) is 5.82 Å². The quantitative estimate of drug-likeness (QED) is 0.827. The highest BCUT2D eigenvalue weighted by Crippen LogP contribution is 2.33. The zero-order valence-corrected chi connectivity index (χ0v) is 11.8. The van der Waals surface area contributed by atoms with Crippen molar-refractivity contribution in [3.63, 3.8) is 0 Å². The van der Waals surface area contributed by atoms with Crippen molar-refractivity contribution in [1.82, 2.24) is 15.3 Å². The minimum atomic E-state index is 0.145. The molecule has 3 nitrogen and oxygen atoms in total. The molecule has 3 heteroatoms. The Morgan fingerprint density at radius 2 is 2.06 bits per heavy atom. The number of fused-ring (bicyclic) bond motifs is 1. The summed E-state index contributed by atoms with van der Waals surface area (Å²) in [5, 5.41) is 3.47. The second-order valence-corrected chi connectivity index (χ2v) is 7.05. The van der Waals surface area contributed by atoms with Gasteiger partial charge in [-0.05, 0) is 45.4 Å². The van der Waals surface area contributed by atoms with E-state index in [2.05, 4.69) is 44.9 Å². The molecule has 0 bridgehead atoms. The fourth-order valence-corrected chi connectivity index (χ4v) is 2.31. The lowest BCUT2D eigenvalue weighted by molar-refractivity contribution is 0.310. The Morgan fingerprint density at radius 1 is 1.35 bits per heavy atom. The Hall–Kier alpha value is -0.830. The fourth-order valence-electron chi connectivity index (χ4n) is 2.31. The molecule has 17 heavy (non-hydrogen) atoms. The minimum absolute atomic E-state index is 0.145. The summed E-state index contributed by atoms with van der Waals surface area (Å²) >= 11 is 0. The van der Waals surface area contributed by atoms with Gasteiger partial charge in [-0.2, -0.15) is 0 Å². The molecule has 2 N–H and O–H groups in total. The van der Waals surface area contributed by atoms with Gasteiger partial charge < -0.3 is 10.3 Å². The summed E-state index contributed by atoms with van der Waals surface area (Å²) in [5.74, 6) is 1.09. The SMILES string of the molecule is CC1(C)CCc2nc(CNC(C)(C)C)[nH]c2C1. The molecule has 0 amide bonds. The van der Waals surface area contributed by atoms with Gasteiger partial charge in [0.15, 0.2) is 0 Å². The summed E-state index contributed by atoms with van der Waals surface area (Å²) in [6.45, 7) is 12.0. The summed E-state index contributed by atoms with van der Waals surface area (Å²) < 4.78 is 0. The summed E-state index contributed by atoms with van der Waals surface area (Å²) in [4.78, 5) is 8.19. The average molecular weight is 235 g/mol. The molecule has 96 valence electrons. The minimum Gasteiger partial charge on any atom is -0.345 e. The van der Waals surface area contributed by atoms with Crippen molar-refractivity contribution in [2.24, 2.45) is 5.41 Å². The Kier molecular flexibility index (Phi) is 3.06. The average Bonchev–Trinajstić information content (AvgIpc) is 2.54. The van der Waals surface area contributed by atoms with Crippen LogP contribution in [0.2, 0.25) is 0 Å². The molecule has 0 saturated carbocycles. The predicted octanol–water partition coefficient (Wildman–Crippen LogP) is 2.81. The van der Waals surface area contributed by atoms with Crippen LogP contribution in [0.4, 0.5) is 0 Å². The number of rotatable bonds is 2. The normalized spacial score (nSPS) is 19.1. The van der Waals surface area contributed by atoms with Crippen LogP contribution >= 0.6 is 0 Å². The molecule has 0 radical (unpaired) electrons. The molecular weight excluding hydrogens is 210 g/mol. The smallest absolute Gasteiger partial charge is 0.120 e. The number of hydrogen-bond donors (Lipinski definition) is 2. The second kappa shape index (κ2) is 4.13. The Balaban J connectivity index is 2.06. The fraction of sp³-hybridized carbons (Fsp3) is 0.786. The Morgan fingerprint density at radius 3 is 2.71 bits per heavy atom. The number of aromatic amines is 1. The van der Waals surface area contributed by atoms with E-state index >= 15 is 0 Å². The lowest BCUT2D eigenvalue weighted by Gasteiger charge is -2.28. The van der Waals surface area contributed by atoms with Crippen molar-refractivity contribution >= 4 is 0 Å². The van der Waals surface area contributed by atoms with E-state index in [4.69, 9.17) is 4.98 Å². The lowest BCUT2D eigenvalue weighted by atomic mass is 9.78. The molecule has 0 unspecified atom stereocenters. The number of aromatic nitrogens is 2. The number of nitrogens with one attached hydrogen (secondary N) is 2. The van der Waals surface area contributed by atoms with Gasteiger partial charge in [0, 0.05) is 11.2 Å². The largest absolute Gasteiger partial charge is 0.345 e. The van der Waals surface area contributed by atoms with E-state index in [0.717, 1.165) is 25.2 Å². The van der Waals surface area contributed by atoms with Crippen LogP contribution in [0.25, 0.3) is 0 Å². The van der Waals surface area contributed by atoms with Crippen LogP contribution in [0.3, 0.4) is 0 Å². The van der Waals surface area contributed by atoms with Gasteiger partial charge >= 0.3 is 0 Å². The summed E-state index contributed by atoms with van der Waals surface area (Å²) in [5.41, 5.74) is 3.21. The van der Waals surface area contributed by atoms with Crippen molar-refractivity contribution in [3.05, 3.63) is 17.2 Å². The molecule has 1 aliphatic rings. The molecule has 0 aliphatic heterocycles. The van der Waals surface area contributed by atoms with Crippen LogP contribution in [0, 0.1) is 5.41 Å². The highest BCUT2D eigenvalue weighted by Gasteiger charge is 2.27. The van der Waals surface area contributed by atoms with Crippen molar-refractivity contribution in [3.8, 4) is 0 Å². The Bertz CT molecular complexity index is 396. The third-order valence-corrected chi connectivity index (χ3v) is 3.39. The first-order chi connectivity index (χ1) is 7.75. The maximum atomic E-state index is 4.70. The van der Waals surface area contributed by atoms with E-state index in [0.29, 0.717) is 5.41 Å². The van der Waals surface area contributed by atoms with Crippen molar-refractivity contribution in [2.75, 3.05) is 0 Å². The van der Waals surface area contributed by atoms with Crippen molar-refractivity contribution in [1.29, 1.82) is 0 Å². The molecule has 0 saturated heterocycles. The van der Waals surface area contributed by atoms with E-state index in [1.54, 1.807) is 0 Å². The molecule has 0 aromatic carbocycles. The number of imidazole rings is 1. The molecule has 0 spiro atoms. The van der Waals surface area contributed by atoms with Crippen LogP contribution in [-0.2, 0) is 19.4 Å². The maximum absolute atomic E-state index is 4.70. The molecular formula is C14H25N3. The third kappa shape index (κ3) is 3.32. The van der Waals surface area contributed by atoms with Crippen LogP contribution < -0.4 is 5.32 Å². The first kappa shape index (κ1) is 12.6. The number of H-pyrrole nitrogens is 1. The van der Waals surface area contributed by atoms with E-state index < -0.39 is 0 Å². The monoisotopic (exact) mass is 235 g/mol. The highest BCUT2D eigenvalue weighted by molar-refractivity contribution is 5.20. The summed E-state index contributed by atoms with van der Waals surface area (Å²) in [6.07, 6.45) is 3.50. The first-order valence-electron chi connectivity index (χ1n) is 6.57. The lowest BCUT2D eigenvalue weighted by Crippen LogP contribution is -2.35. The van der Waals surface area contributed by atoms with E-state index in [1.165, 1.54) is 17.8 Å². The summed E-state index contributed by atoms with van der Waals surface area (Å²) in [7, 11) is 0. The van der Waals surface area contributed by atoms with Gasteiger partial charge in [-0.15, -0.1) is 0 Å². The molecule has 0 atom stereocenters. The molecule has 1 heterocycles. The molecule has 1 aromatic rings. The predicted molar refractivity (Wildman–Crippen MR) is 71.0 cm³/mol. The molecule has 1 aliphatic carbocycles. The third-order valence-electron chi connectivity index (χ3n) is 3.39. The zero-order chi connectivity index (χ0) is 12.7. The van der Waals surface area contributed by atoms with Gasteiger partial charge in [0.05, 0.1) is 12.2 Å². The highest BCUT2D eigenvalue weighted by atomic mass is 15.0. The first-order valence-corrected chi connectivity index (χ1v) is 6.57. The Labute approximate surface area is 104 Å². The van der Waals surface area contributed by atoms with E-state index in [9.17, 15) is 0 Å². The van der Waals surface area contributed by atoms with E-state index in [1.807, 2.05) is 0 Å². The van der Waals surface area contributed by atoms with Crippen LogP contribution in [0.15, 0.2) is 0 Å². The van der Waals surface area contributed by atoms with Gasteiger partial charge in [-0.25, -0.2) is 4.98 Å². The molecule has 2 rings (SSSR count). The van der Waals surface area contributed by atoms with Gasteiger partial charge in [-0.1, -0.05) is 13.8 Å². The number of nitrogens with zero attached hydrogens (tertiary/aromatic N) is 1. The van der Waals surface area contributed by atoms with Crippen LogP contribution in [0.5, 0.6) is 0 Å². The number of hydrogen-bond acceptors (Lipinski definition) is 2. The van der Waals surface area contributed by atoms with E-state index in [-0.39, 0.29) is 5.54 Å². The topological polar surface area (TPSA) is 40.7 Å². The standard InChI is InChI=1S/C14H25N3/c1-13(2,3)15-9-12-16-10-6-7-14(4,5)8-11(10)17-12/h15H,6-9H2,1-5H3,(H,16,17).